The van der Waals surface area contributed by atoms with Crippen LogP contribution in [-0.4, -0.2) is 23.0 Å². The molecule has 5 nitrogen and oxygen atoms in total. The fourth-order valence-corrected chi connectivity index (χ4v) is 3.74. The number of fused-ring (bicyclic) bond motifs is 1. The van der Waals surface area contributed by atoms with Crippen LogP contribution in [0.4, 0.5) is 0 Å². The molecule has 0 radical (unpaired) electrons. The van der Waals surface area contributed by atoms with E-state index in [1.54, 1.807) is 6.20 Å². The first kappa shape index (κ1) is 14.3. The summed E-state index contributed by atoms with van der Waals surface area (Å²) in [6.45, 7) is 4.39. The van der Waals surface area contributed by atoms with E-state index in [1.165, 1.54) is 0 Å². The number of benzene rings is 1. The fourth-order valence-electron chi connectivity index (χ4n) is 2.06. The van der Waals surface area contributed by atoms with Crippen LogP contribution in [0.25, 0.3) is 10.9 Å². The smallest absolute Gasteiger partial charge is 0.309 e. The molecule has 0 aliphatic heterocycles. The van der Waals surface area contributed by atoms with Crippen LogP contribution in [0.3, 0.4) is 0 Å². The summed E-state index contributed by atoms with van der Waals surface area (Å²) >= 11 is 0. The van der Waals surface area contributed by atoms with E-state index < -0.39 is 7.60 Å². The summed E-state index contributed by atoms with van der Waals surface area (Å²) in [6.07, 6.45) is 2.09. The predicted octanol–water partition coefficient (Wildman–Crippen LogP) is 3.34. The van der Waals surface area contributed by atoms with Gasteiger partial charge >= 0.3 is 7.60 Å². The zero-order chi connectivity index (χ0) is 13.9. The summed E-state index contributed by atoms with van der Waals surface area (Å²) in [5.74, 6) is 0. The Labute approximate surface area is 113 Å². The zero-order valence-corrected chi connectivity index (χ0v) is 12.4. The minimum absolute atomic E-state index is 0.291. The molecule has 6 heteroatoms. The van der Waals surface area contributed by atoms with E-state index in [4.69, 9.17) is 9.05 Å². The lowest BCUT2D eigenvalue weighted by atomic mass is 10.2. The van der Waals surface area contributed by atoms with Crippen LogP contribution in [0.2, 0.25) is 0 Å². The molecule has 0 unspecified atom stereocenters. The van der Waals surface area contributed by atoms with Gasteiger partial charge in [-0.3, -0.25) is 9.25 Å². The van der Waals surface area contributed by atoms with Gasteiger partial charge in [0.25, 0.3) is 0 Å². The number of hydrogen-bond acceptors (Lipinski definition) is 4. The maximum atomic E-state index is 12.5. The van der Waals surface area contributed by atoms with Crippen LogP contribution < -0.4 is 0 Å². The highest BCUT2D eigenvalue weighted by Gasteiger charge is 2.24. The van der Waals surface area contributed by atoms with Crippen LogP contribution in [0.15, 0.2) is 24.4 Å². The molecule has 0 amide bonds. The molecule has 0 aliphatic rings. The van der Waals surface area contributed by atoms with Gasteiger partial charge in [0.2, 0.25) is 0 Å². The number of rotatable bonds is 6. The highest BCUT2D eigenvalue weighted by atomic mass is 31.2. The molecule has 2 rings (SSSR count). The minimum atomic E-state index is -3.04. The first-order valence-electron chi connectivity index (χ1n) is 6.36. The van der Waals surface area contributed by atoms with E-state index >= 15 is 0 Å². The van der Waals surface area contributed by atoms with E-state index in [2.05, 4.69) is 5.10 Å². The number of nitrogens with zero attached hydrogens (tertiary/aromatic N) is 2. The summed E-state index contributed by atoms with van der Waals surface area (Å²) in [4.78, 5) is 0. The second kappa shape index (κ2) is 5.87. The summed E-state index contributed by atoms with van der Waals surface area (Å²) in [7, 11) is -1.14. The van der Waals surface area contributed by atoms with Gasteiger partial charge in [-0.15, -0.1) is 0 Å². The molecule has 0 spiro atoms. The summed E-state index contributed by atoms with van der Waals surface area (Å²) < 4.78 is 24.9. The van der Waals surface area contributed by atoms with Gasteiger partial charge in [0.1, 0.15) is 0 Å². The second-order valence-electron chi connectivity index (χ2n) is 4.27. The van der Waals surface area contributed by atoms with Crippen molar-refractivity contribution in [2.75, 3.05) is 13.2 Å². The number of aryl methyl sites for hydroxylation is 1. The van der Waals surface area contributed by atoms with Crippen molar-refractivity contribution in [1.29, 1.82) is 0 Å². The molecule has 0 atom stereocenters. The first-order valence-corrected chi connectivity index (χ1v) is 8.09. The Balaban J connectivity index is 2.26. The van der Waals surface area contributed by atoms with Crippen LogP contribution >= 0.6 is 7.60 Å². The average molecular weight is 282 g/mol. The molecule has 0 bridgehead atoms. The Bertz CT molecular complexity index is 599. The molecule has 0 fully saturated rings. The van der Waals surface area contributed by atoms with Crippen LogP contribution in [0.1, 0.15) is 19.4 Å². The van der Waals surface area contributed by atoms with Crippen molar-refractivity contribution in [3.63, 3.8) is 0 Å². The SMILES string of the molecule is CCOP(=O)(Cc1ccc2c(cnn2C)c1)OCC. The lowest BCUT2D eigenvalue weighted by Crippen LogP contribution is -1.99. The third-order valence-electron chi connectivity index (χ3n) is 2.84. The zero-order valence-electron chi connectivity index (χ0n) is 11.5. The quantitative estimate of drug-likeness (QED) is 0.762. The Hall–Kier alpha value is -1.16. The standard InChI is InChI=1S/C13H19N2O3P/c1-4-17-19(16,18-5-2)10-11-6-7-13-12(8-11)9-14-15(13)3/h6-9H,4-5,10H2,1-3H3. The van der Waals surface area contributed by atoms with Crippen molar-refractivity contribution in [2.45, 2.75) is 20.0 Å². The Kier molecular flexibility index (Phi) is 4.40. The van der Waals surface area contributed by atoms with Crippen LogP contribution in [0.5, 0.6) is 0 Å². The monoisotopic (exact) mass is 282 g/mol. The molecule has 0 saturated carbocycles. The van der Waals surface area contributed by atoms with Crippen LogP contribution in [-0.2, 0) is 26.8 Å². The van der Waals surface area contributed by atoms with E-state index in [0.29, 0.717) is 19.4 Å². The molecular weight excluding hydrogens is 263 g/mol. The predicted molar refractivity (Wildman–Crippen MR) is 75.3 cm³/mol. The van der Waals surface area contributed by atoms with Gasteiger partial charge in [-0.2, -0.15) is 5.10 Å². The normalized spacial score (nSPS) is 12.2. The lowest BCUT2D eigenvalue weighted by Gasteiger charge is -2.16. The van der Waals surface area contributed by atoms with Crippen molar-refractivity contribution in [1.82, 2.24) is 9.78 Å². The molecule has 104 valence electrons. The van der Waals surface area contributed by atoms with Crippen LogP contribution in [0, 0.1) is 0 Å². The molecule has 2 aromatic rings. The van der Waals surface area contributed by atoms with E-state index in [9.17, 15) is 4.57 Å². The molecule has 1 aromatic heterocycles. The van der Waals surface area contributed by atoms with Gasteiger partial charge < -0.3 is 9.05 Å². The molecule has 0 N–H and O–H groups in total. The topological polar surface area (TPSA) is 53.3 Å². The van der Waals surface area contributed by atoms with Gasteiger partial charge in [0.15, 0.2) is 0 Å². The minimum Gasteiger partial charge on any atom is -0.309 e. The molecule has 1 aromatic carbocycles. The van der Waals surface area contributed by atoms with E-state index in [0.717, 1.165) is 16.5 Å². The highest BCUT2D eigenvalue weighted by Crippen LogP contribution is 2.51. The Morgan fingerprint density at radius 1 is 1.26 bits per heavy atom. The Morgan fingerprint density at radius 3 is 2.58 bits per heavy atom. The maximum Gasteiger partial charge on any atom is 0.335 e. The average Bonchev–Trinajstić information content (AvgIpc) is 2.71. The number of hydrogen-bond donors (Lipinski definition) is 0. The maximum absolute atomic E-state index is 12.5. The molecule has 1 heterocycles. The molecule has 0 aliphatic carbocycles. The van der Waals surface area contributed by atoms with Gasteiger partial charge in [0.05, 0.1) is 31.1 Å². The number of aromatic nitrogens is 2. The molecular formula is C13H19N2O3P. The summed E-state index contributed by atoms with van der Waals surface area (Å²) in [6, 6.07) is 5.89. The second-order valence-corrected chi connectivity index (χ2v) is 6.32. The van der Waals surface area contributed by atoms with E-state index in [-0.39, 0.29) is 0 Å². The van der Waals surface area contributed by atoms with Crippen molar-refractivity contribution < 1.29 is 13.6 Å². The van der Waals surface area contributed by atoms with E-state index in [1.807, 2.05) is 43.8 Å². The third kappa shape index (κ3) is 3.24. The largest absolute Gasteiger partial charge is 0.335 e. The molecule has 0 saturated heterocycles. The summed E-state index contributed by atoms with van der Waals surface area (Å²) in [5, 5.41) is 5.22. The fraction of sp³-hybridized carbons (Fsp3) is 0.462. The Morgan fingerprint density at radius 2 is 1.95 bits per heavy atom. The van der Waals surface area contributed by atoms with Gasteiger partial charge in [-0.05, 0) is 31.5 Å². The van der Waals surface area contributed by atoms with Gasteiger partial charge in [-0.25, -0.2) is 0 Å². The van der Waals surface area contributed by atoms with Crippen molar-refractivity contribution in [3.8, 4) is 0 Å². The van der Waals surface area contributed by atoms with Gasteiger partial charge in [-0.1, -0.05) is 6.07 Å². The lowest BCUT2D eigenvalue weighted by molar-refractivity contribution is 0.219. The molecule has 19 heavy (non-hydrogen) atoms. The van der Waals surface area contributed by atoms with Crippen molar-refractivity contribution in [3.05, 3.63) is 30.0 Å². The van der Waals surface area contributed by atoms with Gasteiger partial charge in [0, 0.05) is 12.4 Å². The van der Waals surface area contributed by atoms with Crippen molar-refractivity contribution >= 4 is 18.5 Å². The first-order chi connectivity index (χ1) is 9.08. The highest BCUT2D eigenvalue weighted by molar-refractivity contribution is 7.53. The summed E-state index contributed by atoms with van der Waals surface area (Å²) in [5.41, 5.74) is 1.98. The van der Waals surface area contributed by atoms with Crippen molar-refractivity contribution in [2.24, 2.45) is 7.05 Å². The third-order valence-corrected chi connectivity index (χ3v) is 4.89.